The molecule has 1 aromatic carbocycles. The molecule has 3 nitrogen and oxygen atoms in total. The summed E-state index contributed by atoms with van der Waals surface area (Å²) in [4.78, 5) is 12.9. The molecule has 0 N–H and O–H groups in total. The van der Waals surface area contributed by atoms with Gasteiger partial charge in [0.2, 0.25) is 0 Å². The van der Waals surface area contributed by atoms with Gasteiger partial charge < -0.3 is 9.64 Å². The maximum absolute atomic E-state index is 11.5. The lowest BCUT2D eigenvalue weighted by atomic mass is 10.0. The van der Waals surface area contributed by atoms with Gasteiger partial charge in [0.1, 0.15) is 5.75 Å². The predicted molar refractivity (Wildman–Crippen MR) is 68.2 cm³/mol. The summed E-state index contributed by atoms with van der Waals surface area (Å²) in [7, 11) is 3.30. The van der Waals surface area contributed by atoms with Crippen LogP contribution in [-0.4, -0.2) is 25.1 Å². The van der Waals surface area contributed by atoms with E-state index in [1.54, 1.807) is 20.2 Å². The highest BCUT2D eigenvalue weighted by molar-refractivity contribution is 7.81. The molecule has 0 radical (unpaired) electrons. The fourth-order valence-corrected chi connectivity index (χ4v) is 1.43. The highest BCUT2D eigenvalue weighted by atomic mass is 32.1. The van der Waals surface area contributed by atoms with Crippen LogP contribution in [0.4, 0.5) is 4.79 Å². The molecule has 0 bridgehead atoms. The van der Waals surface area contributed by atoms with Gasteiger partial charge in [-0.2, -0.15) is 12.6 Å². The molecule has 0 aromatic heterocycles. The largest absolute Gasteiger partial charge is 0.414 e. The van der Waals surface area contributed by atoms with Crippen LogP contribution in [0.15, 0.2) is 24.3 Å². The second kappa shape index (κ2) is 4.78. The van der Waals surface area contributed by atoms with E-state index in [4.69, 9.17) is 4.74 Å². The average Bonchev–Trinajstić information content (AvgIpc) is 2.16. The lowest BCUT2D eigenvalue weighted by Gasteiger charge is -2.22. The van der Waals surface area contributed by atoms with Gasteiger partial charge in [-0.15, -0.1) is 0 Å². The number of carbonyl (C=O) groups excluding carboxylic acids is 1. The summed E-state index contributed by atoms with van der Waals surface area (Å²) >= 11 is 4.48. The fraction of sp³-hybridized carbons (Fsp3) is 0.417. The molecule has 0 fully saturated rings. The first-order chi connectivity index (χ1) is 7.32. The summed E-state index contributed by atoms with van der Waals surface area (Å²) in [5.74, 6) is 0.557. The maximum Gasteiger partial charge on any atom is 0.414 e. The van der Waals surface area contributed by atoms with Gasteiger partial charge >= 0.3 is 6.09 Å². The minimum absolute atomic E-state index is 0.344. The number of rotatable bonds is 2. The Hall–Kier alpha value is -1.16. The normalized spacial score (nSPS) is 11.1. The summed E-state index contributed by atoms with van der Waals surface area (Å²) in [5, 5.41) is 0. The molecule has 0 unspecified atom stereocenters. The van der Waals surface area contributed by atoms with Crippen molar-refractivity contribution in [3.05, 3.63) is 29.8 Å². The van der Waals surface area contributed by atoms with Crippen molar-refractivity contribution in [1.82, 2.24) is 4.90 Å². The molecule has 0 atom stereocenters. The zero-order valence-electron chi connectivity index (χ0n) is 10.0. The number of hydrogen-bond donors (Lipinski definition) is 1. The summed E-state index contributed by atoms with van der Waals surface area (Å²) in [6, 6.07) is 7.42. The zero-order chi connectivity index (χ0) is 12.3. The van der Waals surface area contributed by atoms with Gasteiger partial charge in [-0.25, -0.2) is 4.79 Å². The van der Waals surface area contributed by atoms with E-state index < -0.39 is 0 Å². The predicted octanol–water partition coefficient (Wildman–Crippen LogP) is 2.91. The van der Waals surface area contributed by atoms with Crippen LogP contribution in [0, 0.1) is 0 Å². The fourth-order valence-electron chi connectivity index (χ4n) is 1.25. The minimum atomic E-state index is -0.384. The topological polar surface area (TPSA) is 29.5 Å². The molecule has 88 valence electrons. The lowest BCUT2D eigenvalue weighted by molar-refractivity contribution is 0.171. The number of hydrogen-bond acceptors (Lipinski definition) is 3. The van der Waals surface area contributed by atoms with Gasteiger partial charge in [-0.05, 0) is 19.9 Å². The molecule has 0 aliphatic rings. The first-order valence-corrected chi connectivity index (χ1v) is 5.48. The molecule has 0 spiro atoms. The number of benzene rings is 1. The molecule has 1 rings (SSSR count). The van der Waals surface area contributed by atoms with Crippen LogP contribution in [0.5, 0.6) is 5.75 Å². The lowest BCUT2D eigenvalue weighted by Crippen LogP contribution is -2.26. The van der Waals surface area contributed by atoms with E-state index in [2.05, 4.69) is 12.6 Å². The van der Waals surface area contributed by atoms with Crippen LogP contribution in [0.25, 0.3) is 0 Å². The number of carbonyl (C=O) groups is 1. The maximum atomic E-state index is 11.5. The average molecular weight is 239 g/mol. The van der Waals surface area contributed by atoms with Crippen LogP contribution < -0.4 is 4.74 Å². The number of nitrogens with zero attached hydrogens (tertiary/aromatic N) is 1. The molecule has 0 aliphatic heterocycles. The first kappa shape index (κ1) is 12.9. The number of para-hydroxylation sites is 1. The van der Waals surface area contributed by atoms with Crippen LogP contribution >= 0.6 is 12.6 Å². The van der Waals surface area contributed by atoms with Crippen molar-refractivity contribution in [2.45, 2.75) is 18.6 Å². The van der Waals surface area contributed by atoms with Crippen molar-refractivity contribution in [3.8, 4) is 5.75 Å². The zero-order valence-corrected chi connectivity index (χ0v) is 10.9. The van der Waals surface area contributed by atoms with Gasteiger partial charge in [0.15, 0.2) is 0 Å². The number of thiol groups is 1. The molecule has 1 aromatic rings. The Morgan fingerprint density at radius 1 is 1.31 bits per heavy atom. The Bertz CT molecular complexity index is 383. The first-order valence-electron chi connectivity index (χ1n) is 5.03. The van der Waals surface area contributed by atoms with E-state index in [0.29, 0.717) is 5.75 Å². The monoisotopic (exact) mass is 239 g/mol. The van der Waals surface area contributed by atoms with Crippen molar-refractivity contribution < 1.29 is 9.53 Å². The highest BCUT2D eigenvalue weighted by Crippen LogP contribution is 2.34. The number of ether oxygens (including phenoxy) is 1. The van der Waals surface area contributed by atoms with Crippen molar-refractivity contribution in [2.75, 3.05) is 14.1 Å². The molecule has 1 amide bonds. The SMILES string of the molecule is CN(C)C(=O)Oc1ccccc1C(C)(C)S. The van der Waals surface area contributed by atoms with Gasteiger partial charge in [0.05, 0.1) is 0 Å². The van der Waals surface area contributed by atoms with Crippen molar-refractivity contribution in [3.63, 3.8) is 0 Å². The summed E-state index contributed by atoms with van der Waals surface area (Å²) in [6.07, 6.45) is -0.384. The molecular weight excluding hydrogens is 222 g/mol. The van der Waals surface area contributed by atoms with Crippen molar-refractivity contribution >= 4 is 18.7 Å². The second-order valence-electron chi connectivity index (χ2n) is 4.32. The Morgan fingerprint density at radius 3 is 2.38 bits per heavy atom. The van der Waals surface area contributed by atoms with E-state index in [-0.39, 0.29) is 10.8 Å². The Labute approximate surface area is 102 Å². The van der Waals surface area contributed by atoms with Crippen LogP contribution in [0.2, 0.25) is 0 Å². The van der Waals surface area contributed by atoms with Crippen molar-refractivity contribution in [1.29, 1.82) is 0 Å². The third-order valence-electron chi connectivity index (χ3n) is 2.11. The number of amides is 1. The molecular formula is C12H17NO2S. The third-order valence-corrected chi connectivity index (χ3v) is 2.35. The van der Waals surface area contributed by atoms with Crippen LogP contribution in [-0.2, 0) is 4.75 Å². The standard InChI is InChI=1S/C12H17NO2S/c1-12(2,16)9-7-5-6-8-10(9)15-11(14)13(3)4/h5-8,16H,1-4H3. The van der Waals surface area contributed by atoms with E-state index in [9.17, 15) is 4.79 Å². The molecule has 16 heavy (non-hydrogen) atoms. The van der Waals surface area contributed by atoms with Crippen LogP contribution in [0.1, 0.15) is 19.4 Å². The van der Waals surface area contributed by atoms with E-state index in [0.717, 1.165) is 5.56 Å². The smallest absolute Gasteiger partial charge is 0.410 e. The summed E-state index contributed by atoms with van der Waals surface area (Å²) in [6.45, 7) is 3.91. The molecule has 0 saturated carbocycles. The second-order valence-corrected chi connectivity index (χ2v) is 5.44. The molecule has 4 heteroatoms. The Kier molecular flexibility index (Phi) is 3.86. The Balaban J connectivity index is 3.01. The highest BCUT2D eigenvalue weighted by Gasteiger charge is 2.21. The summed E-state index contributed by atoms with van der Waals surface area (Å²) in [5.41, 5.74) is 0.897. The van der Waals surface area contributed by atoms with E-state index in [1.807, 2.05) is 32.0 Å². The molecule has 0 saturated heterocycles. The molecule has 0 aliphatic carbocycles. The summed E-state index contributed by atoms with van der Waals surface area (Å²) < 4.78 is 4.93. The minimum Gasteiger partial charge on any atom is -0.410 e. The molecule has 0 heterocycles. The van der Waals surface area contributed by atoms with Gasteiger partial charge in [0, 0.05) is 24.4 Å². The van der Waals surface area contributed by atoms with Crippen LogP contribution in [0.3, 0.4) is 0 Å². The van der Waals surface area contributed by atoms with Gasteiger partial charge in [0.25, 0.3) is 0 Å². The van der Waals surface area contributed by atoms with E-state index >= 15 is 0 Å². The van der Waals surface area contributed by atoms with Crippen molar-refractivity contribution in [2.24, 2.45) is 0 Å². The van der Waals surface area contributed by atoms with Gasteiger partial charge in [-0.3, -0.25) is 0 Å². The van der Waals surface area contributed by atoms with E-state index in [1.165, 1.54) is 4.90 Å². The van der Waals surface area contributed by atoms with Gasteiger partial charge in [-0.1, -0.05) is 18.2 Å². The quantitative estimate of drug-likeness (QED) is 0.804. The Morgan fingerprint density at radius 2 is 1.88 bits per heavy atom. The third kappa shape index (κ3) is 3.17.